The van der Waals surface area contributed by atoms with Crippen LogP contribution >= 0.6 is 31.9 Å². The molecule has 0 radical (unpaired) electrons. The molecule has 2 amide bonds. The van der Waals surface area contributed by atoms with Crippen molar-refractivity contribution in [1.82, 2.24) is 4.90 Å². The molecule has 7 heteroatoms. The third kappa shape index (κ3) is 4.86. The lowest BCUT2D eigenvalue weighted by Crippen LogP contribution is -2.27. The number of benzene rings is 2. The number of carbonyl (C=O) groups excluding carboxylic acids is 2. The fourth-order valence-corrected chi connectivity index (χ4v) is 3.89. The van der Waals surface area contributed by atoms with Crippen molar-refractivity contribution in [3.8, 4) is 5.75 Å². The molecule has 0 aromatic heterocycles. The Labute approximate surface area is 169 Å². The summed E-state index contributed by atoms with van der Waals surface area (Å²) in [4.78, 5) is 26.2. The highest BCUT2D eigenvalue weighted by Crippen LogP contribution is 2.28. The van der Waals surface area contributed by atoms with E-state index < -0.39 is 0 Å². The summed E-state index contributed by atoms with van der Waals surface area (Å²) >= 11 is 6.76. The van der Waals surface area contributed by atoms with Crippen LogP contribution in [0, 0.1) is 0 Å². The van der Waals surface area contributed by atoms with Gasteiger partial charge in [0.15, 0.2) is 6.61 Å². The van der Waals surface area contributed by atoms with E-state index in [9.17, 15) is 9.59 Å². The molecule has 0 spiro atoms. The molecule has 0 atom stereocenters. The summed E-state index contributed by atoms with van der Waals surface area (Å²) in [5.74, 6) is 0.372. The van der Waals surface area contributed by atoms with Crippen LogP contribution in [0.4, 0.5) is 5.69 Å². The van der Waals surface area contributed by atoms with E-state index in [1.807, 2.05) is 17.0 Å². The molecular formula is C19H18Br2N2O3. The average Bonchev–Trinajstić information content (AvgIpc) is 3.16. The maximum atomic E-state index is 12.3. The van der Waals surface area contributed by atoms with Crippen LogP contribution < -0.4 is 10.1 Å². The maximum Gasteiger partial charge on any atom is 0.262 e. The molecule has 5 nitrogen and oxygen atoms in total. The molecular weight excluding hydrogens is 464 g/mol. The molecule has 3 rings (SSSR count). The Hall–Kier alpha value is -1.86. The van der Waals surface area contributed by atoms with Gasteiger partial charge in [-0.15, -0.1) is 0 Å². The Balaban J connectivity index is 1.53. The number of hydrogen-bond donors (Lipinski definition) is 1. The van der Waals surface area contributed by atoms with E-state index in [1.165, 1.54) is 0 Å². The lowest BCUT2D eigenvalue weighted by molar-refractivity contribution is -0.118. The predicted molar refractivity (Wildman–Crippen MR) is 108 cm³/mol. The molecule has 0 aliphatic carbocycles. The largest absolute Gasteiger partial charge is 0.483 e. The van der Waals surface area contributed by atoms with Crippen molar-refractivity contribution in [2.45, 2.75) is 12.8 Å². The molecule has 1 fully saturated rings. The molecule has 0 unspecified atom stereocenters. The molecule has 1 heterocycles. The second kappa shape index (κ2) is 8.68. The molecule has 26 heavy (non-hydrogen) atoms. The Morgan fingerprint density at radius 1 is 1.04 bits per heavy atom. The Kier molecular flexibility index (Phi) is 6.32. The smallest absolute Gasteiger partial charge is 0.262 e. The first-order valence-corrected chi connectivity index (χ1v) is 9.88. The van der Waals surface area contributed by atoms with Crippen LogP contribution in [-0.4, -0.2) is 36.4 Å². The van der Waals surface area contributed by atoms with Gasteiger partial charge < -0.3 is 15.0 Å². The maximum absolute atomic E-state index is 12.3. The lowest BCUT2D eigenvalue weighted by atomic mass is 10.2. The van der Waals surface area contributed by atoms with Crippen LogP contribution in [0.25, 0.3) is 0 Å². The van der Waals surface area contributed by atoms with Gasteiger partial charge in [-0.05, 0) is 71.2 Å². The van der Waals surface area contributed by atoms with Gasteiger partial charge in [-0.1, -0.05) is 15.9 Å². The predicted octanol–water partition coefficient (Wildman–Crippen LogP) is 4.47. The second-order valence-corrected chi connectivity index (χ2v) is 7.76. The molecule has 2 aromatic rings. The zero-order valence-corrected chi connectivity index (χ0v) is 17.2. The van der Waals surface area contributed by atoms with Gasteiger partial charge >= 0.3 is 0 Å². The average molecular weight is 482 g/mol. The summed E-state index contributed by atoms with van der Waals surface area (Å²) in [7, 11) is 0. The summed E-state index contributed by atoms with van der Waals surface area (Å²) in [5, 5.41) is 2.77. The topological polar surface area (TPSA) is 58.6 Å². The van der Waals surface area contributed by atoms with Gasteiger partial charge in [-0.2, -0.15) is 0 Å². The molecule has 0 saturated carbocycles. The summed E-state index contributed by atoms with van der Waals surface area (Å²) in [6.07, 6.45) is 2.13. The van der Waals surface area contributed by atoms with Gasteiger partial charge in [0, 0.05) is 28.8 Å². The van der Waals surface area contributed by atoms with Crippen LogP contribution in [-0.2, 0) is 4.79 Å². The van der Waals surface area contributed by atoms with Crippen LogP contribution in [0.5, 0.6) is 5.75 Å². The van der Waals surface area contributed by atoms with Crippen molar-refractivity contribution < 1.29 is 14.3 Å². The van der Waals surface area contributed by atoms with Crippen molar-refractivity contribution in [3.05, 3.63) is 57.0 Å². The molecule has 1 N–H and O–H groups in total. The quantitative estimate of drug-likeness (QED) is 0.685. The number of carbonyl (C=O) groups is 2. The van der Waals surface area contributed by atoms with Crippen LogP contribution in [0.15, 0.2) is 51.4 Å². The van der Waals surface area contributed by atoms with E-state index in [4.69, 9.17) is 4.74 Å². The van der Waals surface area contributed by atoms with E-state index in [0.717, 1.165) is 34.9 Å². The molecule has 1 aliphatic rings. The van der Waals surface area contributed by atoms with Gasteiger partial charge in [-0.3, -0.25) is 9.59 Å². The third-order valence-electron chi connectivity index (χ3n) is 4.06. The number of nitrogens with one attached hydrogen (secondary N) is 1. The van der Waals surface area contributed by atoms with Crippen LogP contribution in [0.3, 0.4) is 0 Å². The first-order chi connectivity index (χ1) is 12.5. The van der Waals surface area contributed by atoms with Crippen molar-refractivity contribution in [2.75, 3.05) is 25.0 Å². The number of anilines is 1. The van der Waals surface area contributed by atoms with Gasteiger partial charge in [0.2, 0.25) is 0 Å². The van der Waals surface area contributed by atoms with E-state index in [1.54, 1.807) is 30.3 Å². The molecule has 0 bridgehead atoms. The zero-order valence-electron chi connectivity index (χ0n) is 14.0. The SMILES string of the molecule is O=C(COc1ccc(Br)cc1Br)Nc1ccc(C(=O)N2CCCC2)cc1. The van der Waals surface area contributed by atoms with Crippen LogP contribution in [0.2, 0.25) is 0 Å². The Morgan fingerprint density at radius 3 is 2.38 bits per heavy atom. The Morgan fingerprint density at radius 2 is 1.73 bits per heavy atom. The first kappa shape index (κ1) is 18.9. The van der Waals surface area contributed by atoms with Crippen molar-refractivity contribution >= 4 is 49.4 Å². The number of likely N-dealkylation sites (tertiary alicyclic amines) is 1. The monoisotopic (exact) mass is 480 g/mol. The summed E-state index contributed by atoms with van der Waals surface area (Å²) < 4.78 is 7.20. The summed E-state index contributed by atoms with van der Waals surface area (Å²) in [6.45, 7) is 1.54. The second-order valence-electron chi connectivity index (χ2n) is 5.99. The van der Waals surface area contributed by atoms with Crippen LogP contribution in [0.1, 0.15) is 23.2 Å². The molecule has 1 aliphatic heterocycles. The number of amides is 2. The van der Waals surface area contributed by atoms with E-state index in [-0.39, 0.29) is 18.4 Å². The molecule has 136 valence electrons. The molecule has 2 aromatic carbocycles. The van der Waals surface area contributed by atoms with Crippen molar-refractivity contribution in [3.63, 3.8) is 0 Å². The highest BCUT2D eigenvalue weighted by molar-refractivity contribution is 9.11. The fraction of sp³-hybridized carbons (Fsp3) is 0.263. The minimum atomic E-state index is -0.265. The molecule has 1 saturated heterocycles. The van der Waals surface area contributed by atoms with Crippen molar-refractivity contribution in [2.24, 2.45) is 0 Å². The minimum Gasteiger partial charge on any atom is -0.483 e. The van der Waals surface area contributed by atoms with Gasteiger partial charge in [0.05, 0.1) is 4.47 Å². The van der Waals surface area contributed by atoms with Gasteiger partial charge in [0.25, 0.3) is 11.8 Å². The minimum absolute atomic E-state index is 0.0452. The van der Waals surface area contributed by atoms with Gasteiger partial charge in [-0.25, -0.2) is 0 Å². The third-order valence-corrected chi connectivity index (χ3v) is 5.17. The first-order valence-electron chi connectivity index (χ1n) is 8.30. The summed E-state index contributed by atoms with van der Waals surface area (Å²) in [5.41, 5.74) is 1.27. The number of nitrogens with zero attached hydrogens (tertiary/aromatic N) is 1. The Bertz CT molecular complexity index is 803. The van der Waals surface area contributed by atoms with E-state index in [2.05, 4.69) is 37.2 Å². The zero-order chi connectivity index (χ0) is 18.5. The van der Waals surface area contributed by atoms with E-state index >= 15 is 0 Å². The number of rotatable bonds is 5. The fourth-order valence-electron chi connectivity index (χ4n) is 2.73. The number of hydrogen-bond acceptors (Lipinski definition) is 3. The highest BCUT2D eigenvalue weighted by Gasteiger charge is 2.19. The number of halogens is 2. The van der Waals surface area contributed by atoms with E-state index in [0.29, 0.717) is 17.0 Å². The highest BCUT2D eigenvalue weighted by atomic mass is 79.9. The van der Waals surface area contributed by atoms with Gasteiger partial charge in [0.1, 0.15) is 5.75 Å². The number of ether oxygens (including phenoxy) is 1. The lowest BCUT2D eigenvalue weighted by Gasteiger charge is -2.15. The normalized spacial score (nSPS) is 13.5. The summed E-state index contributed by atoms with van der Waals surface area (Å²) in [6, 6.07) is 12.4. The standard InChI is InChI=1S/C19H18Br2N2O3/c20-14-5-8-17(16(21)11-14)26-12-18(24)22-15-6-3-13(4-7-15)19(25)23-9-1-2-10-23/h3-8,11H,1-2,9-10,12H2,(H,22,24). The van der Waals surface area contributed by atoms with Crippen molar-refractivity contribution in [1.29, 1.82) is 0 Å².